The Morgan fingerprint density at radius 1 is 1.05 bits per heavy atom. The van der Waals surface area contributed by atoms with Crippen LogP contribution in [0.3, 0.4) is 0 Å². The van der Waals surface area contributed by atoms with Crippen LogP contribution in [0.15, 0.2) is 47.5 Å². The van der Waals surface area contributed by atoms with Crippen molar-refractivity contribution in [3.05, 3.63) is 75.0 Å². The van der Waals surface area contributed by atoms with Gasteiger partial charge in [0.05, 0.1) is 12.6 Å². The molecule has 0 saturated heterocycles. The summed E-state index contributed by atoms with van der Waals surface area (Å²) in [4.78, 5) is 22.1. The first-order chi connectivity index (χ1) is 20.7. The summed E-state index contributed by atoms with van der Waals surface area (Å²) < 4.78 is 0. The smallest absolute Gasteiger partial charge is 0.275 e. The molecule has 2 N–H and O–H groups in total. The van der Waals surface area contributed by atoms with E-state index in [1.807, 2.05) is 12.1 Å². The summed E-state index contributed by atoms with van der Waals surface area (Å²) in [5.74, 6) is 1.19. The summed E-state index contributed by atoms with van der Waals surface area (Å²) in [6.07, 6.45) is 4.67. The number of amides is 1. The van der Waals surface area contributed by atoms with E-state index >= 15 is 0 Å². The van der Waals surface area contributed by atoms with E-state index < -0.39 is 13.7 Å². The van der Waals surface area contributed by atoms with E-state index in [1.54, 1.807) is 6.07 Å². The van der Waals surface area contributed by atoms with E-state index in [0.717, 1.165) is 49.3 Å². The molecule has 8 nitrogen and oxygen atoms in total. The molecule has 11 heteroatoms. The van der Waals surface area contributed by atoms with Crippen molar-refractivity contribution in [2.45, 2.75) is 103 Å². The molecule has 5 rings (SSSR count). The highest BCUT2D eigenvalue weighted by Crippen LogP contribution is 2.50. The van der Waals surface area contributed by atoms with Crippen LogP contribution in [0.25, 0.3) is 0 Å². The van der Waals surface area contributed by atoms with Gasteiger partial charge in [0.15, 0.2) is 5.82 Å². The first kappa shape index (κ1) is 32.8. The number of hydrogen-bond donors (Lipinski definition) is 2. The molecule has 1 amide bonds. The summed E-state index contributed by atoms with van der Waals surface area (Å²) in [5, 5.41) is 18.5. The second-order valence-electron chi connectivity index (χ2n) is 14.7. The summed E-state index contributed by atoms with van der Waals surface area (Å²) in [6, 6.07) is 15.0. The molecule has 1 aromatic heterocycles. The average molecular weight is 655 g/mol. The minimum Gasteiger partial charge on any atom is -0.306 e. The number of carbonyl (C=O) groups is 1. The summed E-state index contributed by atoms with van der Waals surface area (Å²) in [6.45, 7) is 15.4. The molecule has 1 unspecified atom stereocenters. The molecule has 2 aliphatic rings. The molecule has 1 saturated carbocycles. The Labute approximate surface area is 272 Å². The van der Waals surface area contributed by atoms with Gasteiger partial charge in [0.2, 0.25) is 0 Å². The van der Waals surface area contributed by atoms with Crippen LogP contribution in [0.1, 0.15) is 81.4 Å². The van der Waals surface area contributed by atoms with Gasteiger partial charge in [0.1, 0.15) is 11.4 Å². The van der Waals surface area contributed by atoms with Crippen molar-refractivity contribution in [3.63, 3.8) is 0 Å². The van der Waals surface area contributed by atoms with Gasteiger partial charge in [0, 0.05) is 30.2 Å². The topological polar surface area (TPSA) is 99.2 Å². The molecule has 1 spiro atoms. The van der Waals surface area contributed by atoms with Gasteiger partial charge in [-0.1, -0.05) is 99.1 Å². The van der Waals surface area contributed by atoms with Gasteiger partial charge in [-0.15, -0.1) is 10.2 Å². The van der Waals surface area contributed by atoms with Crippen LogP contribution in [0.4, 0.5) is 0 Å². The van der Waals surface area contributed by atoms with Gasteiger partial charge >= 0.3 is 0 Å². The summed E-state index contributed by atoms with van der Waals surface area (Å²) >= 11 is 12.8. The van der Waals surface area contributed by atoms with E-state index in [0.29, 0.717) is 46.2 Å². The zero-order chi connectivity index (χ0) is 31.7. The second kappa shape index (κ2) is 13.0. The monoisotopic (exact) mass is 653 g/mol. The number of benzene rings is 2. The summed E-state index contributed by atoms with van der Waals surface area (Å²) in [5.41, 5.74) is 3.10. The molecule has 44 heavy (non-hydrogen) atoms. The average Bonchev–Trinajstić information content (AvgIpc) is 3.55. The number of aliphatic imine (C=N–C) groups is 1. The standard InChI is InChI=1S/C33H45Cl2N7OSi/c1-32(2,3)25-11-14-33(15-12-25)37-30(24-17-26(34)19-27(35)18-24)31(43)42(33)28(13-16-44(4,5)6)23-9-7-22(8-10-23)20-36-21-29-38-40-41-39-29/h7-10,17-19,25,28,36H,11-16,20-21H2,1-6H3,(H,38,39,40,41). The normalized spacial score (nSPS) is 21.6. The van der Waals surface area contributed by atoms with Crippen molar-refractivity contribution < 1.29 is 4.79 Å². The first-order valence-corrected chi connectivity index (χ1v) is 20.1. The van der Waals surface area contributed by atoms with E-state index in [9.17, 15) is 4.79 Å². The van der Waals surface area contributed by atoms with Gasteiger partial charge in [-0.25, -0.2) is 0 Å². The minimum absolute atomic E-state index is 0.0241. The fourth-order valence-electron chi connectivity index (χ4n) is 6.67. The zero-order valence-electron chi connectivity index (χ0n) is 26.8. The van der Waals surface area contributed by atoms with E-state index in [-0.39, 0.29) is 17.4 Å². The number of H-pyrrole nitrogens is 1. The molecule has 1 fully saturated rings. The molecule has 2 heterocycles. The Balaban J connectivity index is 1.49. The number of aromatic nitrogens is 4. The molecule has 1 aliphatic carbocycles. The lowest BCUT2D eigenvalue weighted by atomic mass is 9.69. The van der Waals surface area contributed by atoms with Crippen molar-refractivity contribution in [1.82, 2.24) is 30.8 Å². The van der Waals surface area contributed by atoms with Crippen LogP contribution in [-0.4, -0.2) is 50.9 Å². The van der Waals surface area contributed by atoms with Crippen LogP contribution in [-0.2, 0) is 17.9 Å². The van der Waals surface area contributed by atoms with Gasteiger partial charge in [-0.3, -0.25) is 9.79 Å². The number of hydrogen-bond acceptors (Lipinski definition) is 6. The largest absolute Gasteiger partial charge is 0.306 e. The molecular formula is C33H45Cl2N7OSi. The van der Waals surface area contributed by atoms with E-state index in [2.05, 4.69) is 95.5 Å². The summed E-state index contributed by atoms with van der Waals surface area (Å²) in [7, 11) is -1.41. The Morgan fingerprint density at radius 3 is 2.27 bits per heavy atom. The Kier molecular flexibility index (Phi) is 9.71. The Bertz CT molecular complexity index is 1450. The third-order valence-electron chi connectivity index (χ3n) is 9.18. The van der Waals surface area contributed by atoms with Crippen LogP contribution in [0.2, 0.25) is 35.7 Å². The van der Waals surface area contributed by atoms with E-state index in [4.69, 9.17) is 28.2 Å². The van der Waals surface area contributed by atoms with Crippen molar-refractivity contribution in [1.29, 1.82) is 0 Å². The van der Waals surface area contributed by atoms with Gasteiger partial charge in [-0.05, 0) is 72.8 Å². The minimum atomic E-state index is -1.41. The van der Waals surface area contributed by atoms with Crippen LogP contribution in [0.5, 0.6) is 0 Å². The highest BCUT2D eigenvalue weighted by atomic mass is 35.5. The fourth-order valence-corrected chi connectivity index (χ4v) is 8.34. The number of aromatic amines is 1. The maximum atomic E-state index is 14.6. The van der Waals surface area contributed by atoms with Gasteiger partial charge in [-0.2, -0.15) is 5.21 Å². The first-order valence-electron chi connectivity index (χ1n) is 15.7. The van der Waals surface area contributed by atoms with Crippen molar-refractivity contribution in [3.8, 4) is 0 Å². The van der Waals surface area contributed by atoms with Gasteiger partial charge < -0.3 is 10.2 Å². The number of tetrazole rings is 1. The molecule has 0 radical (unpaired) electrons. The molecule has 1 aliphatic heterocycles. The van der Waals surface area contributed by atoms with Crippen molar-refractivity contribution in [2.24, 2.45) is 16.3 Å². The lowest BCUT2D eigenvalue weighted by Crippen LogP contribution is -2.51. The van der Waals surface area contributed by atoms with Crippen LogP contribution >= 0.6 is 23.2 Å². The molecule has 0 bridgehead atoms. The van der Waals surface area contributed by atoms with Crippen LogP contribution < -0.4 is 5.32 Å². The quantitative estimate of drug-likeness (QED) is 0.217. The maximum Gasteiger partial charge on any atom is 0.275 e. The highest BCUT2D eigenvalue weighted by molar-refractivity contribution is 6.76. The number of halogens is 2. The highest BCUT2D eigenvalue weighted by Gasteiger charge is 2.52. The lowest BCUT2D eigenvalue weighted by Gasteiger charge is -2.47. The number of nitrogens with zero attached hydrogens (tertiary/aromatic N) is 5. The molecule has 236 valence electrons. The molecule has 3 aromatic rings. The maximum absolute atomic E-state index is 14.6. The lowest BCUT2D eigenvalue weighted by molar-refractivity contribution is -0.133. The predicted molar refractivity (Wildman–Crippen MR) is 181 cm³/mol. The van der Waals surface area contributed by atoms with Crippen molar-refractivity contribution >= 4 is 42.9 Å². The molecule has 2 aromatic carbocycles. The Morgan fingerprint density at radius 2 is 1.70 bits per heavy atom. The number of rotatable bonds is 10. The third-order valence-corrected chi connectivity index (χ3v) is 11.4. The van der Waals surface area contributed by atoms with Crippen molar-refractivity contribution in [2.75, 3.05) is 0 Å². The molecular weight excluding hydrogens is 609 g/mol. The molecule has 1 atom stereocenters. The predicted octanol–water partition coefficient (Wildman–Crippen LogP) is 7.83. The second-order valence-corrected chi connectivity index (χ2v) is 21.2. The number of carbonyl (C=O) groups excluding carboxylic acids is 1. The fraction of sp³-hybridized carbons (Fsp3) is 0.545. The van der Waals surface area contributed by atoms with E-state index in [1.165, 1.54) is 0 Å². The third kappa shape index (κ3) is 7.61. The number of nitrogens with one attached hydrogen (secondary N) is 2. The zero-order valence-corrected chi connectivity index (χ0v) is 29.3. The van der Waals surface area contributed by atoms with Gasteiger partial charge in [0.25, 0.3) is 5.91 Å². The SMILES string of the molecule is CC(C)(C)C1CCC2(CC1)N=C(c1cc(Cl)cc(Cl)c1)C(=O)N2C(CC[Si](C)(C)C)c1ccc(CNCc2nn[nH]n2)cc1. The Hall–Kier alpha value is -2.59. The van der Waals surface area contributed by atoms with Crippen LogP contribution in [0, 0.1) is 11.3 Å².